The zero-order valence-electron chi connectivity index (χ0n) is 12.0. The highest BCUT2D eigenvalue weighted by Crippen LogP contribution is 2.33. The van der Waals surface area contributed by atoms with Crippen molar-refractivity contribution in [1.29, 1.82) is 0 Å². The summed E-state index contributed by atoms with van der Waals surface area (Å²) in [5, 5.41) is 2.01. The number of hydrogen-bond donors (Lipinski definition) is 1. The molecule has 0 saturated carbocycles. The van der Waals surface area contributed by atoms with E-state index in [0.717, 1.165) is 4.90 Å². The monoisotopic (exact) mass is 358 g/mol. The van der Waals surface area contributed by atoms with Crippen molar-refractivity contribution < 1.29 is 27.2 Å². The van der Waals surface area contributed by atoms with Crippen molar-refractivity contribution in [2.75, 3.05) is 6.54 Å². The maximum Gasteiger partial charge on any atom is 0.416 e. The molecule has 1 N–H and O–H groups in total. The van der Waals surface area contributed by atoms with Gasteiger partial charge in [-0.1, -0.05) is 6.08 Å². The molecular formula is C15H10F4N2O2S. The third-order valence-electron chi connectivity index (χ3n) is 3.12. The third kappa shape index (κ3) is 3.51. The van der Waals surface area contributed by atoms with Crippen LogP contribution in [0.3, 0.4) is 0 Å². The van der Waals surface area contributed by atoms with Gasteiger partial charge in [0.1, 0.15) is 11.4 Å². The molecule has 0 spiro atoms. The van der Waals surface area contributed by atoms with Gasteiger partial charge >= 0.3 is 6.18 Å². The van der Waals surface area contributed by atoms with E-state index < -0.39 is 40.5 Å². The second-order valence-corrected chi connectivity index (χ2v) is 5.14. The molecule has 9 heteroatoms. The first kappa shape index (κ1) is 17.8. The van der Waals surface area contributed by atoms with Crippen molar-refractivity contribution in [1.82, 2.24) is 10.2 Å². The van der Waals surface area contributed by atoms with Gasteiger partial charge in [0.25, 0.3) is 11.8 Å². The van der Waals surface area contributed by atoms with Crippen LogP contribution in [-0.2, 0) is 15.8 Å². The number of carbonyl (C=O) groups excluding carboxylic acids is 2. The maximum absolute atomic E-state index is 13.3. The first-order chi connectivity index (χ1) is 11.1. The van der Waals surface area contributed by atoms with Gasteiger partial charge in [-0.3, -0.25) is 19.8 Å². The van der Waals surface area contributed by atoms with Crippen LogP contribution in [0.1, 0.15) is 11.1 Å². The Bertz CT molecular complexity index is 771. The van der Waals surface area contributed by atoms with Gasteiger partial charge < -0.3 is 0 Å². The number of alkyl halides is 3. The molecule has 126 valence electrons. The van der Waals surface area contributed by atoms with Crippen LogP contribution in [0.4, 0.5) is 17.6 Å². The molecule has 4 nitrogen and oxygen atoms in total. The number of nitrogens with one attached hydrogen (secondary N) is 1. The number of nitrogens with zero attached hydrogens (tertiary/aromatic N) is 1. The van der Waals surface area contributed by atoms with Gasteiger partial charge in [0.2, 0.25) is 0 Å². The van der Waals surface area contributed by atoms with Gasteiger partial charge in [-0.2, -0.15) is 13.2 Å². The van der Waals surface area contributed by atoms with Gasteiger partial charge in [-0.05, 0) is 42.1 Å². The minimum Gasteiger partial charge on any atom is -0.298 e. The van der Waals surface area contributed by atoms with E-state index in [1.165, 1.54) is 6.08 Å². The average Bonchev–Trinajstić information content (AvgIpc) is 2.46. The van der Waals surface area contributed by atoms with Crippen LogP contribution in [-0.4, -0.2) is 28.4 Å². The van der Waals surface area contributed by atoms with Crippen molar-refractivity contribution in [2.24, 2.45) is 0 Å². The van der Waals surface area contributed by atoms with Crippen LogP contribution in [0, 0.1) is 5.82 Å². The first-order valence-corrected chi connectivity index (χ1v) is 6.92. The van der Waals surface area contributed by atoms with E-state index in [1.54, 1.807) is 0 Å². The lowest BCUT2D eigenvalue weighted by molar-refractivity contribution is -0.138. The van der Waals surface area contributed by atoms with E-state index >= 15 is 0 Å². The summed E-state index contributed by atoms with van der Waals surface area (Å²) in [6, 6.07) is 1.78. The molecule has 0 radical (unpaired) electrons. The molecule has 1 aliphatic rings. The summed E-state index contributed by atoms with van der Waals surface area (Å²) in [6.45, 7) is 3.39. The second kappa shape index (κ2) is 6.52. The van der Waals surface area contributed by atoms with Crippen molar-refractivity contribution in [3.05, 3.63) is 53.4 Å². The quantitative estimate of drug-likeness (QED) is 0.297. The first-order valence-electron chi connectivity index (χ1n) is 6.51. The van der Waals surface area contributed by atoms with Gasteiger partial charge in [-0.15, -0.1) is 6.58 Å². The summed E-state index contributed by atoms with van der Waals surface area (Å²) in [7, 11) is 0. The van der Waals surface area contributed by atoms with Gasteiger partial charge in [-0.25, -0.2) is 4.39 Å². The Balaban J connectivity index is 2.55. The maximum atomic E-state index is 13.3. The molecule has 1 aromatic rings. The van der Waals surface area contributed by atoms with Crippen LogP contribution in [0.25, 0.3) is 6.08 Å². The smallest absolute Gasteiger partial charge is 0.298 e. The fraction of sp³-hybridized carbons (Fsp3) is 0.133. The van der Waals surface area contributed by atoms with Crippen molar-refractivity contribution in [2.45, 2.75) is 6.18 Å². The minimum atomic E-state index is -4.77. The van der Waals surface area contributed by atoms with E-state index in [9.17, 15) is 27.2 Å². The van der Waals surface area contributed by atoms with E-state index in [-0.39, 0.29) is 11.7 Å². The Kier molecular flexibility index (Phi) is 4.83. The lowest BCUT2D eigenvalue weighted by Gasteiger charge is -2.28. The molecule has 1 fully saturated rings. The Hall–Kier alpha value is -2.55. The molecule has 1 aromatic carbocycles. The predicted molar refractivity (Wildman–Crippen MR) is 82.0 cm³/mol. The Morgan fingerprint density at radius 2 is 1.96 bits per heavy atom. The number of amides is 2. The van der Waals surface area contributed by atoms with Crippen molar-refractivity contribution in [3.8, 4) is 0 Å². The van der Waals surface area contributed by atoms with Crippen molar-refractivity contribution in [3.63, 3.8) is 0 Å². The largest absolute Gasteiger partial charge is 0.416 e. The SMILES string of the molecule is C=CCN1C(=O)/C(=C/c2cc(F)ccc2C(F)(F)F)C(=O)NC1=S. The van der Waals surface area contributed by atoms with E-state index in [2.05, 4.69) is 11.9 Å². The lowest BCUT2D eigenvalue weighted by atomic mass is 10.0. The molecule has 24 heavy (non-hydrogen) atoms. The van der Waals surface area contributed by atoms with E-state index in [0.29, 0.717) is 24.3 Å². The summed E-state index contributed by atoms with van der Waals surface area (Å²) in [5.41, 5.74) is -2.38. The number of thiocarbonyl (C=S) groups is 1. The topological polar surface area (TPSA) is 49.4 Å². The summed E-state index contributed by atoms with van der Waals surface area (Å²) in [4.78, 5) is 25.1. The molecule has 0 atom stereocenters. The van der Waals surface area contributed by atoms with Crippen LogP contribution >= 0.6 is 12.2 Å². The van der Waals surface area contributed by atoms with Crippen molar-refractivity contribution >= 4 is 35.2 Å². The Labute approximate surface area is 139 Å². The Morgan fingerprint density at radius 1 is 1.29 bits per heavy atom. The van der Waals surface area contributed by atoms with Crippen LogP contribution < -0.4 is 5.32 Å². The van der Waals surface area contributed by atoms with Gasteiger partial charge in [0.05, 0.1) is 5.56 Å². The molecule has 2 amide bonds. The third-order valence-corrected chi connectivity index (χ3v) is 3.44. The Morgan fingerprint density at radius 3 is 2.54 bits per heavy atom. The lowest BCUT2D eigenvalue weighted by Crippen LogP contribution is -2.53. The molecular weight excluding hydrogens is 348 g/mol. The molecule has 2 rings (SSSR count). The highest BCUT2D eigenvalue weighted by Gasteiger charge is 2.36. The van der Waals surface area contributed by atoms with Crippen LogP contribution in [0.5, 0.6) is 0 Å². The molecule has 0 aliphatic carbocycles. The van der Waals surface area contributed by atoms with Gasteiger partial charge in [0.15, 0.2) is 5.11 Å². The summed E-state index contributed by atoms with van der Waals surface area (Å²) < 4.78 is 52.3. The standard InChI is InChI=1S/C15H10F4N2O2S/c1-2-5-21-13(23)10(12(22)20-14(21)24)7-8-6-9(16)3-4-11(8)15(17,18)19/h2-4,6-7H,1,5H2,(H,20,22,24)/b10-7+. The van der Waals surface area contributed by atoms with E-state index in [1.807, 2.05) is 0 Å². The second-order valence-electron chi connectivity index (χ2n) is 4.75. The normalized spacial score (nSPS) is 17.2. The van der Waals surface area contributed by atoms with Crippen LogP contribution in [0.2, 0.25) is 0 Å². The van der Waals surface area contributed by atoms with Crippen LogP contribution in [0.15, 0.2) is 36.4 Å². The number of halogens is 4. The number of hydrogen-bond acceptors (Lipinski definition) is 3. The summed E-state index contributed by atoms with van der Waals surface area (Å²) in [5.74, 6) is -2.78. The molecule has 0 bridgehead atoms. The highest BCUT2D eigenvalue weighted by molar-refractivity contribution is 7.80. The number of rotatable bonds is 3. The molecule has 0 unspecified atom stereocenters. The zero-order valence-corrected chi connectivity index (χ0v) is 12.8. The zero-order chi connectivity index (χ0) is 18.1. The number of benzene rings is 1. The van der Waals surface area contributed by atoms with E-state index in [4.69, 9.17) is 12.2 Å². The molecule has 0 aromatic heterocycles. The number of carbonyl (C=O) groups is 2. The van der Waals surface area contributed by atoms with Gasteiger partial charge in [0, 0.05) is 6.54 Å². The predicted octanol–water partition coefficient (Wildman–Crippen LogP) is 2.66. The molecule has 1 heterocycles. The fourth-order valence-corrected chi connectivity index (χ4v) is 2.31. The molecule has 1 saturated heterocycles. The minimum absolute atomic E-state index is 0.0371. The summed E-state index contributed by atoms with van der Waals surface area (Å²) >= 11 is 4.83. The fourth-order valence-electron chi connectivity index (χ4n) is 2.06. The highest BCUT2D eigenvalue weighted by atomic mass is 32.1. The summed E-state index contributed by atoms with van der Waals surface area (Å²) in [6.07, 6.45) is -2.74. The molecule has 1 aliphatic heterocycles. The average molecular weight is 358 g/mol.